The molecule has 208 valence electrons. The summed E-state index contributed by atoms with van der Waals surface area (Å²) in [6.45, 7) is 6.29. The van der Waals surface area contributed by atoms with E-state index in [0.29, 0.717) is 26.4 Å². The predicted octanol–water partition coefficient (Wildman–Crippen LogP) is 3.88. The number of carbonyl (C=O) groups excluding carboxylic acids is 3. The summed E-state index contributed by atoms with van der Waals surface area (Å²) in [4.78, 5) is 48.4. The van der Waals surface area contributed by atoms with E-state index >= 15 is 0 Å². The first-order chi connectivity index (χ1) is 18.7. The molecule has 2 aromatic rings. The van der Waals surface area contributed by atoms with E-state index in [0.717, 1.165) is 12.8 Å². The van der Waals surface area contributed by atoms with E-state index in [4.69, 9.17) is 28.4 Å². The molecule has 0 bridgehead atoms. The fourth-order valence-corrected chi connectivity index (χ4v) is 4.12. The molecule has 0 aromatic heterocycles. The van der Waals surface area contributed by atoms with E-state index in [1.165, 1.54) is 36.4 Å². The van der Waals surface area contributed by atoms with Gasteiger partial charge in [-0.15, -0.1) is 0 Å². The van der Waals surface area contributed by atoms with Crippen molar-refractivity contribution < 1.29 is 52.7 Å². The van der Waals surface area contributed by atoms with Gasteiger partial charge in [0.2, 0.25) is 0 Å². The molecule has 0 atom stereocenters. The van der Waals surface area contributed by atoms with Crippen molar-refractivity contribution in [3.05, 3.63) is 53.1 Å². The third-order valence-electron chi connectivity index (χ3n) is 7.17. The molecule has 1 N–H and O–H groups in total. The minimum absolute atomic E-state index is 0.0203. The van der Waals surface area contributed by atoms with Crippen LogP contribution in [0.2, 0.25) is 0 Å². The Morgan fingerprint density at radius 1 is 0.821 bits per heavy atom. The maximum Gasteiger partial charge on any atom is 0.342 e. The first-order valence-corrected chi connectivity index (χ1v) is 12.5. The molecular weight excluding hydrogens is 512 g/mol. The van der Waals surface area contributed by atoms with Crippen LogP contribution in [-0.4, -0.2) is 69.1 Å². The molecule has 0 aliphatic carbocycles. The van der Waals surface area contributed by atoms with Crippen LogP contribution in [0.15, 0.2) is 36.4 Å². The average molecular weight is 543 g/mol. The Balaban J connectivity index is 1.53. The zero-order valence-corrected chi connectivity index (χ0v) is 21.7. The highest BCUT2D eigenvalue weighted by Crippen LogP contribution is 2.34. The molecule has 2 heterocycles. The van der Waals surface area contributed by atoms with Crippen LogP contribution in [0.1, 0.15) is 57.8 Å². The standard InChI is InChI=1S/C28H30O11/c1-3-27(11-34-12-27)15-36-25(32)21-9-18(5-7-20(21)24(30)31)39-19-6-8-23(38-17-29)22(10-19)26(33)37-16-28(4-2)13-35-14-28/h5-10,17H,3-4,11-16H2,1-2H3,(H,30,31). The first-order valence-electron chi connectivity index (χ1n) is 12.5. The molecule has 4 rings (SSSR count). The van der Waals surface area contributed by atoms with Gasteiger partial charge in [-0.25, -0.2) is 14.4 Å². The van der Waals surface area contributed by atoms with Gasteiger partial charge in [-0.05, 0) is 49.2 Å². The second kappa shape index (κ2) is 11.8. The van der Waals surface area contributed by atoms with Crippen LogP contribution in [0.25, 0.3) is 0 Å². The minimum atomic E-state index is -1.30. The van der Waals surface area contributed by atoms with E-state index in [2.05, 4.69) is 0 Å². The van der Waals surface area contributed by atoms with Crippen LogP contribution in [0.4, 0.5) is 0 Å². The zero-order chi connectivity index (χ0) is 28.0. The lowest BCUT2D eigenvalue weighted by Crippen LogP contribution is -2.46. The Labute approximate surface area is 224 Å². The number of hydrogen-bond donors (Lipinski definition) is 1. The number of esters is 2. The summed E-state index contributed by atoms with van der Waals surface area (Å²) in [5.41, 5.74) is -0.979. The molecule has 2 fully saturated rings. The van der Waals surface area contributed by atoms with Crippen LogP contribution in [-0.2, 0) is 23.7 Å². The Hall–Kier alpha value is -3.96. The lowest BCUT2D eigenvalue weighted by Gasteiger charge is -2.39. The lowest BCUT2D eigenvalue weighted by molar-refractivity contribution is -0.140. The number of aromatic carboxylic acids is 1. The molecular formula is C28H30O11. The van der Waals surface area contributed by atoms with Crippen molar-refractivity contribution in [2.75, 3.05) is 39.6 Å². The SMILES string of the molecule is CCC1(COC(=O)c2cc(Oc3ccc(C(=O)O)c(C(=O)OCC4(CC)COC4)c3)ccc2OC=O)COC1. The highest BCUT2D eigenvalue weighted by molar-refractivity contribution is 6.02. The van der Waals surface area contributed by atoms with Crippen LogP contribution >= 0.6 is 0 Å². The van der Waals surface area contributed by atoms with Crippen molar-refractivity contribution in [3.63, 3.8) is 0 Å². The fourth-order valence-electron chi connectivity index (χ4n) is 4.12. The summed E-state index contributed by atoms with van der Waals surface area (Å²) in [7, 11) is 0. The number of carboxylic acid groups (broad SMARTS) is 1. The van der Waals surface area contributed by atoms with Gasteiger partial charge < -0.3 is 33.5 Å². The first kappa shape index (κ1) is 28.1. The zero-order valence-electron chi connectivity index (χ0n) is 21.7. The summed E-state index contributed by atoms with van der Waals surface area (Å²) < 4.78 is 32.2. The third-order valence-corrected chi connectivity index (χ3v) is 7.17. The van der Waals surface area contributed by atoms with Crippen molar-refractivity contribution >= 4 is 24.4 Å². The average Bonchev–Trinajstić information content (AvgIpc) is 2.88. The van der Waals surface area contributed by atoms with Gasteiger partial charge in [-0.3, -0.25) is 4.79 Å². The van der Waals surface area contributed by atoms with Crippen LogP contribution in [0.3, 0.4) is 0 Å². The number of carbonyl (C=O) groups is 4. The Bertz CT molecular complexity index is 1230. The Morgan fingerprint density at radius 3 is 1.79 bits per heavy atom. The molecule has 0 amide bonds. The lowest BCUT2D eigenvalue weighted by atomic mass is 9.84. The fraction of sp³-hybridized carbons (Fsp3) is 0.429. The Morgan fingerprint density at radius 2 is 1.33 bits per heavy atom. The number of hydrogen-bond acceptors (Lipinski definition) is 10. The maximum absolute atomic E-state index is 12.9. The molecule has 0 saturated carbocycles. The van der Waals surface area contributed by atoms with Gasteiger partial charge in [0.05, 0.1) is 48.4 Å². The van der Waals surface area contributed by atoms with Gasteiger partial charge in [0.1, 0.15) is 36.0 Å². The largest absolute Gasteiger partial charge is 0.478 e. The van der Waals surface area contributed by atoms with Gasteiger partial charge in [-0.2, -0.15) is 0 Å². The number of rotatable bonds is 13. The summed E-state index contributed by atoms with van der Waals surface area (Å²) in [6, 6.07) is 8.03. The number of benzene rings is 2. The summed E-state index contributed by atoms with van der Waals surface area (Å²) in [5, 5.41) is 9.58. The van der Waals surface area contributed by atoms with Crippen molar-refractivity contribution in [2.45, 2.75) is 26.7 Å². The van der Waals surface area contributed by atoms with Gasteiger partial charge in [0, 0.05) is 0 Å². The molecule has 0 unspecified atom stereocenters. The second-order valence-corrected chi connectivity index (χ2v) is 9.83. The summed E-state index contributed by atoms with van der Waals surface area (Å²) >= 11 is 0. The van der Waals surface area contributed by atoms with Crippen molar-refractivity contribution in [3.8, 4) is 17.2 Å². The van der Waals surface area contributed by atoms with Gasteiger partial charge in [0.25, 0.3) is 6.47 Å². The normalized spacial score (nSPS) is 16.7. The molecule has 2 aliphatic heterocycles. The molecule has 11 heteroatoms. The Kier molecular flexibility index (Phi) is 8.51. The van der Waals surface area contributed by atoms with E-state index in [1.54, 1.807) is 0 Å². The number of ether oxygens (including phenoxy) is 6. The van der Waals surface area contributed by atoms with Crippen molar-refractivity contribution in [1.82, 2.24) is 0 Å². The van der Waals surface area contributed by atoms with Crippen molar-refractivity contribution in [2.24, 2.45) is 10.8 Å². The molecule has 2 aromatic carbocycles. The van der Waals surface area contributed by atoms with Gasteiger partial charge in [-0.1, -0.05) is 13.8 Å². The summed E-state index contributed by atoms with van der Waals surface area (Å²) in [6.07, 6.45) is 1.52. The molecule has 0 radical (unpaired) electrons. The second-order valence-electron chi connectivity index (χ2n) is 9.83. The maximum atomic E-state index is 12.9. The van der Waals surface area contributed by atoms with Gasteiger partial charge in [0.15, 0.2) is 0 Å². The molecule has 2 aliphatic rings. The summed E-state index contributed by atoms with van der Waals surface area (Å²) in [5.74, 6) is -2.55. The third kappa shape index (κ3) is 6.21. The molecule has 0 spiro atoms. The van der Waals surface area contributed by atoms with Crippen molar-refractivity contribution in [1.29, 1.82) is 0 Å². The number of carboxylic acids is 1. The van der Waals surface area contributed by atoms with Crippen LogP contribution in [0.5, 0.6) is 17.2 Å². The van der Waals surface area contributed by atoms with E-state index in [-0.39, 0.29) is 64.5 Å². The van der Waals surface area contributed by atoms with E-state index < -0.39 is 17.9 Å². The van der Waals surface area contributed by atoms with Crippen LogP contribution in [0, 0.1) is 10.8 Å². The quantitative estimate of drug-likeness (QED) is 0.291. The molecule has 39 heavy (non-hydrogen) atoms. The smallest absolute Gasteiger partial charge is 0.342 e. The van der Waals surface area contributed by atoms with Crippen LogP contribution < -0.4 is 9.47 Å². The highest BCUT2D eigenvalue weighted by atomic mass is 16.6. The van der Waals surface area contributed by atoms with E-state index in [1.807, 2.05) is 13.8 Å². The minimum Gasteiger partial charge on any atom is -0.478 e. The highest BCUT2D eigenvalue weighted by Gasteiger charge is 2.39. The molecule has 2 saturated heterocycles. The van der Waals surface area contributed by atoms with E-state index in [9.17, 15) is 24.3 Å². The van der Waals surface area contributed by atoms with Gasteiger partial charge >= 0.3 is 17.9 Å². The monoisotopic (exact) mass is 542 g/mol. The predicted molar refractivity (Wildman–Crippen MR) is 134 cm³/mol. The topological polar surface area (TPSA) is 144 Å². The molecule has 11 nitrogen and oxygen atoms in total.